The van der Waals surface area contributed by atoms with E-state index >= 15 is 0 Å². The first-order chi connectivity index (χ1) is 9.66. The van der Waals surface area contributed by atoms with Gasteiger partial charge in [-0.2, -0.15) is 4.31 Å². The maximum atomic E-state index is 12.8. The number of carboxylic acids is 1. The molecule has 0 aliphatic carbocycles. The predicted octanol–water partition coefficient (Wildman–Crippen LogP) is 2.71. The summed E-state index contributed by atoms with van der Waals surface area (Å²) in [5.74, 6) is -1.10. The van der Waals surface area contributed by atoms with Crippen molar-refractivity contribution in [3.05, 3.63) is 28.7 Å². The van der Waals surface area contributed by atoms with Gasteiger partial charge in [-0.05, 0) is 36.5 Å². The largest absolute Gasteiger partial charge is 0.480 e. The molecule has 5 nitrogen and oxygen atoms in total. The van der Waals surface area contributed by atoms with Gasteiger partial charge in [-0.1, -0.05) is 35.8 Å². The zero-order valence-electron chi connectivity index (χ0n) is 11.9. The molecule has 1 N–H and O–H groups in total. The average molecular weight is 376 g/mol. The third-order valence-electron chi connectivity index (χ3n) is 3.86. The number of benzene rings is 1. The second-order valence-corrected chi connectivity index (χ2v) is 8.71. The van der Waals surface area contributed by atoms with Crippen LogP contribution in [-0.4, -0.2) is 36.4 Å². The van der Waals surface area contributed by atoms with Gasteiger partial charge in [0.05, 0.1) is 4.90 Å². The molecule has 1 aromatic carbocycles. The Balaban J connectivity index is 2.49. The van der Waals surface area contributed by atoms with Gasteiger partial charge in [0, 0.05) is 11.0 Å². The van der Waals surface area contributed by atoms with Crippen LogP contribution in [0.4, 0.5) is 0 Å². The molecule has 7 heteroatoms. The Labute approximate surface area is 133 Å². The molecule has 0 saturated carbocycles. The van der Waals surface area contributed by atoms with E-state index in [1.54, 1.807) is 26.0 Å². The number of hydrogen-bond acceptors (Lipinski definition) is 3. The quantitative estimate of drug-likeness (QED) is 0.880. The summed E-state index contributed by atoms with van der Waals surface area (Å²) >= 11 is 3.25. The van der Waals surface area contributed by atoms with E-state index in [-0.39, 0.29) is 11.4 Å². The van der Waals surface area contributed by atoms with Crippen molar-refractivity contribution in [1.29, 1.82) is 0 Å². The van der Waals surface area contributed by atoms with Crippen molar-refractivity contribution in [1.82, 2.24) is 4.31 Å². The average Bonchev–Trinajstić information content (AvgIpc) is 2.36. The minimum absolute atomic E-state index is 0.112. The Kier molecular flexibility index (Phi) is 4.46. The standard InChI is InChI=1S/C14H18BrNO4S/c1-14(2)7-4-8-16(12(14)13(17)18)21(19,20)11-6-3-5-10(15)9-11/h3,5-6,9,12H,4,7-8H2,1-2H3,(H,17,18). The van der Waals surface area contributed by atoms with Crippen LogP contribution in [0.3, 0.4) is 0 Å². The van der Waals surface area contributed by atoms with Crippen molar-refractivity contribution in [3.8, 4) is 0 Å². The number of sulfonamides is 1. The Hall–Kier alpha value is -0.920. The first-order valence-electron chi connectivity index (χ1n) is 6.66. The molecular weight excluding hydrogens is 358 g/mol. The molecule has 1 aliphatic heterocycles. The van der Waals surface area contributed by atoms with Gasteiger partial charge in [0.25, 0.3) is 0 Å². The summed E-state index contributed by atoms with van der Waals surface area (Å²) in [6.45, 7) is 3.83. The number of rotatable bonds is 3. The van der Waals surface area contributed by atoms with Crippen LogP contribution in [-0.2, 0) is 14.8 Å². The number of carbonyl (C=O) groups is 1. The highest BCUT2D eigenvalue weighted by atomic mass is 79.9. The molecule has 1 aromatic rings. The lowest BCUT2D eigenvalue weighted by molar-refractivity contribution is -0.147. The minimum atomic E-state index is -3.83. The Morgan fingerprint density at radius 2 is 2.10 bits per heavy atom. The Morgan fingerprint density at radius 3 is 2.67 bits per heavy atom. The van der Waals surface area contributed by atoms with Gasteiger partial charge in [-0.15, -0.1) is 0 Å². The first-order valence-corrected chi connectivity index (χ1v) is 8.90. The second kappa shape index (κ2) is 5.70. The Morgan fingerprint density at radius 1 is 1.43 bits per heavy atom. The van der Waals surface area contributed by atoms with Crippen molar-refractivity contribution in [2.24, 2.45) is 5.41 Å². The van der Waals surface area contributed by atoms with Crippen LogP contribution in [0.2, 0.25) is 0 Å². The molecule has 1 heterocycles. The van der Waals surface area contributed by atoms with Crippen molar-refractivity contribution < 1.29 is 18.3 Å². The molecule has 21 heavy (non-hydrogen) atoms. The first kappa shape index (κ1) is 16.5. The number of hydrogen-bond donors (Lipinski definition) is 1. The summed E-state index contributed by atoms with van der Waals surface area (Å²) in [5, 5.41) is 9.49. The predicted molar refractivity (Wildman–Crippen MR) is 82.5 cm³/mol. The smallest absolute Gasteiger partial charge is 0.322 e. The maximum Gasteiger partial charge on any atom is 0.322 e. The Bertz CT molecular complexity index is 657. The fourth-order valence-electron chi connectivity index (χ4n) is 2.83. The van der Waals surface area contributed by atoms with Gasteiger partial charge in [0.2, 0.25) is 10.0 Å². The molecule has 1 unspecified atom stereocenters. The van der Waals surface area contributed by atoms with Gasteiger partial charge in [-0.3, -0.25) is 4.79 Å². The van der Waals surface area contributed by atoms with Crippen LogP contribution in [0.5, 0.6) is 0 Å². The van der Waals surface area contributed by atoms with E-state index < -0.39 is 27.4 Å². The number of piperidine rings is 1. The van der Waals surface area contributed by atoms with E-state index in [0.717, 1.165) is 4.31 Å². The van der Waals surface area contributed by atoms with Crippen molar-refractivity contribution in [2.75, 3.05) is 6.54 Å². The van der Waals surface area contributed by atoms with E-state index in [2.05, 4.69) is 15.9 Å². The van der Waals surface area contributed by atoms with Gasteiger partial charge >= 0.3 is 5.97 Å². The van der Waals surface area contributed by atoms with Crippen LogP contribution in [0.15, 0.2) is 33.6 Å². The third kappa shape index (κ3) is 3.14. The molecule has 1 aliphatic rings. The number of halogens is 1. The van der Waals surface area contributed by atoms with Crippen molar-refractivity contribution in [3.63, 3.8) is 0 Å². The number of nitrogens with zero attached hydrogens (tertiary/aromatic N) is 1. The topological polar surface area (TPSA) is 74.7 Å². The summed E-state index contributed by atoms with van der Waals surface area (Å²) in [5.41, 5.74) is -0.594. The molecule has 0 spiro atoms. The summed E-state index contributed by atoms with van der Waals surface area (Å²) in [6, 6.07) is 5.29. The molecule has 0 aromatic heterocycles. The van der Waals surface area contributed by atoms with Crippen LogP contribution >= 0.6 is 15.9 Å². The lowest BCUT2D eigenvalue weighted by Gasteiger charge is -2.42. The fourth-order valence-corrected chi connectivity index (χ4v) is 5.20. The van der Waals surface area contributed by atoms with Crippen LogP contribution < -0.4 is 0 Å². The minimum Gasteiger partial charge on any atom is -0.480 e. The molecule has 1 atom stereocenters. The highest BCUT2D eigenvalue weighted by Gasteiger charge is 2.47. The van der Waals surface area contributed by atoms with Gasteiger partial charge in [0.15, 0.2) is 0 Å². The zero-order valence-corrected chi connectivity index (χ0v) is 14.3. The molecule has 1 saturated heterocycles. The summed E-state index contributed by atoms with van der Waals surface area (Å²) in [7, 11) is -3.83. The summed E-state index contributed by atoms with van der Waals surface area (Å²) in [6.07, 6.45) is 1.35. The molecule has 0 bridgehead atoms. The summed E-state index contributed by atoms with van der Waals surface area (Å²) < 4.78 is 27.3. The van der Waals surface area contributed by atoms with E-state index in [1.165, 1.54) is 12.1 Å². The van der Waals surface area contributed by atoms with E-state index in [0.29, 0.717) is 17.3 Å². The van der Waals surface area contributed by atoms with Gasteiger partial charge in [0.1, 0.15) is 6.04 Å². The van der Waals surface area contributed by atoms with Crippen molar-refractivity contribution in [2.45, 2.75) is 37.6 Å². The van der Waals surface area contributed by atoms with E-state index in [4.69, 9.17) is 0 Å². The third-order valence-corrected chi connectivity index (χ3v) is 6.22. The molecule has 116 valence electrons. The highest BCUT2D eigenvalue weighted by molar-refractivity contribution is 9.10. The van der Waals surface area contributed by atoms with E-state index in [9.17, 15) is 18.3 Å². The fraction of sp³-hybridized carbons (Fsp3) is 0.500. The number of aliphatic carboxylic acids is 1. The second-order valence-electron chi connectivity index (χ2n) is 5.91. The van der Waals surface area contributed by atoms with Crippen LogP contribution in [0.1, 0.15) is 26.7 Å². The molecule has 2 rings (SSSR count). The zero-order chi connectivity index (χ0) is 15.8. The number of carboxylic acid groups (broad SMARTS) is 1. The molecule has 0 amide bonds. The molecule has 1 fully saturated rings. The summed E-state index contributed by atoms with van der Waals surface area (Å²) in [4.78, 5) is 11.7. The van der Waals surface area contributed by atoms with Crippen LogP contribution in [0.25, 0.3) is 0 Å². The lowest BCUT2D eigenvalue weighted by Crippen LogP contribution is -2.56. The monoisotopic (exact) mass is 375 g/mol. The normalized spacial score (nSPS) is 22.9. The molecular formula is C14H18BrNO4S. The van der Waals surface area contributed by atoms with Gasteiger partial charge < -0.3 is 5.11 Å². The molecule has 0 radical (unpaired) electrons. The lowest BCUT2D eigenvalue weighted by atomic mass is 9.77. The van der Waals surface area contributed by atoms with Crippen molar-refractivity contribution >= 4 is 31.9 Å². The van der Waals surface area contributed by atoms with Gasteiger partial charge in [-0.25, -0.2) is 8.42 Å². The maximum absolute atomic E-state index is 12.8. The SMILES string of the molecule is CC1(C)CCCN(S(=O)(=O)c2cccc(Br)c2)C1C(=O)O. The van der Waals surface area contributed by atoms with E-state index in [1.807, 2.05) is 0 Å². The van der Waals surface area contributed by atoms with Crippen LogP contribution in [0, 0.1) is 5.41 Å². The highest BCUT2D eigenvalue weighted by Crippen LogP contribution is 2.38.